The van der Waals surface area contributed by atoms with Crippen molar-refractivity contribution in [3.63, 3.8) is 0 Å². The van der Waals surface area contributed by atoms with Crippen LogP contribution in [0.15, 0.2) is 78.0 Å². The second-order valence-electron chi connectivity index (χ2n) is 10.8. The van der Waals surface area contributed by atoms with E-state index in [1.165, 1.54) is 12.1 Å². The number of carbonyl (C=O) groups excluding carboxylic acids is 2. The molecule has 0 spiro atoms. The fourth-order valence-corrected chi connectivity index (χ4v) is 6.12. The third-order valence-corrected chi connectivity index (χ3v) is 8.54. The first kappa shape index (κ1) is 30.9. The predicted molar refractivity (Wildman–Crippen MR) is 157 cm³/mol. The van der Waals surface area contributed by atoms with E-state index in [0.29, 0.717) is 34.8 Å². The summed E-state index contributed by atoms with van der Waals surface area (Å²) in [6, 6.07) is 16.3. The number of aliphatic hydroxyl groups is 1. The maximum absolute atomic E-state index is 13.1. The van der Waals surface area contributed by atoms with Gasteiger partial charge in [0.25, 0.3) is 15.9 Å². The first-order chi connectivity index (χ1) is 20.0. The van der Waals surface area contributed by atoms with Crippen LogP contribution in [0.4, 0.5) is 11.6 Å². The van der Waals surface area contributed by atoms with E-state index < -0.39 is 33.7 Å². The van der Waals surface area contributed by atoms with E-state index in [1.54, 1.807) is 75.6 Å². The number of benzene rings is 2. The van der Waals surface area contributed by atoms with Gasteiger partial charge in [-0.05, 0) is 68.1 Å². The van der Waals surface area contributed by atoms with Gasteiger partial charge >= 0.3 is 5.97 Å². The van der Waals surface area contributed by atoms with Gasteiger partial charge in [-0.2, -0.15) is 0 Å². The van der Waals surface area contributed by atoms with E-state index in [1.807, 2.05) is 11.0 Å². The number of sulfonamides is 1. The Morgan fingerprint density at radius 1 is 1.07 bits per heavy atom. The summed E-state index contributed by atoms with van der Waals surface area (Å²) in [4.78, 5) is 40.8. The molecule has 2 aromatic carbocycles. The SMILES string of the molecule is CC(C)(C)N(OC(=O)CCNC(=O)c1cccc(N2CC[C@@H](CNc3ncccn3)[C@@H]2O)c1)S(=O)(=O)c1ccccc1. The lowest BCUT2D eigenvalue weighted by molar-refractivity contribution is -0.182. The largest absolute Gasteiger partial charge is 0.373 e. The number of rotatable bonds is 11. The Hall–Kier alpha value is -4.07. The van der Waals surface area contributed by atoms with E-state index >= 15 is 0 Å². The topological polar surface area (TPSA) is 154 Å². The molecule has 1 aliphatic heterocycles. The molecule has 4 rings (SSSR count). The molecule has 1 fully saturated rings. The van der Waals surface area contributed by atoms with Crippen molar-refractivity contribution in [2.24, 2.45) is 5.92 Å². The first-order valence-corrected chi connectivity index (χ1v) is 15.1. The van der Waals surface area contributed by atoms with Crippen molar-refractivity contribution >= 4 is 33.5 Å². The highest BCUT2D eigenvalue weighted by atomic mass is 32.2. The summed E-state index contributed by atoms with van der Waals surface area (Å²) in [5, 5.41) is 16.7. The number of hydrogen-bond donors (Lipinski definition) is 3. The smallest absolute Gasteiger partial charge is 0.328 e. The summed E-state index contributed by atoms with van der Waals surface area (Å²) in [6.07, 6.45) is 3.03. The van der Waals surface area contributed by atoms with E-state index in [9.17, 15) is 23.1 Å². The zero-order chi connectivity index (χ0) is 30.3. The molecule has 0 radical (unpaired) electrons. The Balaban J connectivity index is 1.31. The quantitative estimate of drug-likeness (QED) is 0.282. The summed E-state index contributed by atoms with van der Waals surface area (Å²) in [6.45, 7) is 5.89. The van der Waals surface area contributed by atoms with Gasteiger partial charge in [0, 0.05) is 49.2 Å². The van der Waals surface area contributed by atoms with Crippen LogP contribution in [0.3, 0.4) is 0 Å². The van der Waals surface area contributed by atoms with Crippen LogP contribution >= 0.6 is 0 Å². The lowest BCUT2D eigenvalue weighted by Gasteiger charge is -2.32. The molecule has 1 amide bonds. The molecule has 0 bridgehead atoms. The Labute approximate surface area is 245 Å². The number of aromatic nitrogens is 2. The van der Waals surface area contributed by atoms with E-state index in [-0.39, 0.29) is 23.8 Å². The molecule has 0 saturated carbocycles. The molecular weight excluding hydrogens is 560 g/mol. The van der Waals surface area contributed by atoms with Crippen LogP contribution in [-0.2, 0) is 19.7 Å². The fraction of sp³-hybridized carbons (Fsp3) is 0.379. The lowest BCUT2D eigenvalue weighted by Crippen LogP contribution is -2.46. The number of hydroxylamine groups is 1. The molecule has 224 valence electrons. The number of anilines is 2. The number of amides is 1. The first-order valence-electron chi connectivity index (χ1n) is 13.6. The van der Waals surface area contributed by atoms with Crippen molar-refractivity contribution in [1.29, 1.82) is 0 Å². The molecule has 1 aromatic heterocycles. The van der Waals surface area contributed by atoms with Gasteiger partial charge < -0.3 is 25.5 Å². The number of nitrogens with one attached hydrogen (secondary N) is 2. The monoisotopic (exact) mass is 596 g/mol. The molecule has 0 unspecified atom stereocenters. The third-order valence-electron chi connectivity index (χ3n) is 6.62. The summed E-state index contributed by atoms with van der Waals surface area (Å²) >= 11 is 0. The number of carbonyl (C=O) groups is 2. The minimum atomic E-state index is -4.11. The molecule has 2 atom stereocenters. The molecule has 0 aliphatic carbocycles. The molecule has 3 aromatic rings. The van der Waals surface area contributed by atoms with Gasteiger partial charge in [-0.15, -0.1) is 0 Å². The Bertz CT molecular complexity index is 1470. The molecule has 13 heteroatoms. The maximum Gasteiger partial charge on any atom is 0.328 e. The van der Waals surface area contributed by atoms with E-state index in [4.69, 9.17) is 4.84 Å². The number of hydrogen-bond acceptors (Lipinski definition) is 10. The van der Waals surface area contributed by atoms with Crippen molar-refractivity contribution in [3.05, 3.63) is 78.6 Å². The highest BCUT2D eigenvalue weighted by Gasteiger charge is 2.38. The summed E-state index contributed by atoms with van der Waals surface area (Å²) in [5.74, 6) is -0.785. The second-order valence-corrected chi connectivity index (χ2v) is 12.6. The van der Waals surface area contributed by atoms with Crippen LogP contribution in [-0.4, -0.2) is 71.2 Å². The number of aliphatic hydroxyl groups excluding tert-OH is 1. The zero-order valence-electron chi connectivity index (χ0n) is 23.8. The Morgan fingerprint density at radius 2 is 1.79 bits per heavy atom. The molecular formula is C29H36N6O6S. The third kappa shape index (κ3) is 7.60. The van der Waals surface area contributed by atoms with Crippen LogP contribution < -0.4 is 15.5 Å². The maximum atomic E-state index is 13.1. The summed E-state index contributed by atoms with van der Waals surface area (Å²) < 4.78 is 26.9. The average Bonchev–Trinajstić information content (AvgIpc) is 3.35. The molecule has 2 heterocycles. The van der Waals surface area contributed by atoms with Crippen LogP contribution in [0.2, 0.25) is 0 Å². The fourth-order valence-electron chi connectivity index (χ4n) is 4.52. The van der Waals surface area contributed by atoms with E-state index in [2.05, 4.69) is 20.6 Å². The minimum Gasteiger partial charge on any atom is -0.373 e. The highest BCUT2D eigenvalue weighted by Crippen LogP contribution is 2.29. The predicted octanol–water partition coefficient (Wildman–Crippen LogP) is 2.80. The van der Waals surface area contributed by atoms with Crippen molar-refractivity contribution in [2.45, 2.75) is 50.3 Å². The molecule has 42 heavy (non-hydrogen) atoms. The Kier molecular flexibility index (Phi) is 9.76. The van der Waals surface area contributed by atoms with Crippen LogP contribution in [0.1, 0.15) is 44.0 Å². The van der Waals surface area contributed by atoms with Crippen molar-refractivity contribution in [3.8, 4) is 0 Å². The number of nitrogens with zero attached hydrogens (tertiary/aromatic N) is 4. The average molecular weight is 597 g/mol. The van der Waals surface area contributed by atoms with Crippen LogP contribution in [0.5, 0.6) is 0 Å². The summed E-state index contributed by atoms with van der Waals surface area (Å²) in [5.41, 5.74) is 0.00807. The van der Waals surface area contributed by atoms with Crippen LogP contribution in [0.25, 0.3) is 0 Å². The van der Waals surface area contributed by atoms with Gasteiger partial charge in [-0.1, -0.05) is 24.3 Å². The second kappa shape index (κ2) is 13.3. The van der Waals surface area contributed by atoms with E-state index in [0.717, 1.165) is 6.42 Å². The molecule has 1 aliphatic rings. The van der Waals surface area contributed by atoms with Crippen molar-refractivity contribution in [1.82, 2.24) is 19.8 Å². The van der Waals surface area contributed by atoms with Gasteiger partial charge in [0.15, 0.2) is 0 Å². The van der Waals surface area contributed by atoms with Crippen molar-refractivity contribution in [2.75, 3.05) is 29.9 Å². The zero-order valence-corrected chi connectivity index (χ0v) is 24.6. The van der Waals surface area contributed by atoms with Crippen molar-refractivity contribution < 1.29 is 28.0 Å². The standard InChI is InChI=1S/C29H36N6O6S/c1-29(2,3)35(42(39,40)24-11-5-4-6-12-24)41-25(36)13-17-30-26(37)21-9-7-10-23(19-21)34-18-14-22(27(34)38)20-33-28-31-15-8-16-32-28/h4-12,15-16,19,22,27,38H,13-14,17-18,20H2,1-3H3,(H,30,37)(H,31,32,33)/t22-,27-/m0/s1. The van der Waals surface area contributed by atoms with Gasteiger partial charge in [0.1, 0.15) is 6.23 Å². The molecule has 1 saturated heterocycles. The minimum absolute atomic E-state index is 0.00294. The van der Waals surface area contributed by atoms with Gasteiger partial charge in [0.2, 0.25) is 5.95 Å². The van der Waals surface area contributed by atoms with Gasteiger partial charge in [-0.3, -0.25) is 9.59 Å². The molecule has 3 N–H and O–H groups in total. The normalized spacial score (nSPS) is 17.2. The van der Waals surface area contributed by atoms with Gasteiger partial charge in [-0.25, -0.2) is 18.4 Å². The van der Waals surface area contributed by atoms with Gasteiger partial charge in [0.05, 0.1) is 16.9 Å². The summed E-state index contributed by atoms with van der Waals surface area (Å²) in [7, 11) is -4.11. The van der Waals surface area contributed by atoms with Crippen LogP contribution in [0, 0.1) is 5.92 Å². The Morgan fingerprint density at radius 3 is 2.48 bits per heavy atom. The molecule has 12 nitrogen and oxygen atoms in total. The lowest BCUT2D eigenvalue weighted by atomic mass is 10.1. The highest BCUT2D eigenvalue weighted by molar-refractivity contribution is 7.89.